The molecule has 2 aromatic carbocycles. The number of hydrogen-bond donors (Lipinski definition) is 0. The SMILES string of the molecule is COC(=O)N(N=C(c1ccccc1)c1ccc(Cl)cc1)SC(Cl)(Cl)Cl. The monoisotopic (exact) mass is 436 g/mol. The highest BCUT2D eigenvalue weighted by molar-refractivity contribution is 8.03. The molecule has 0 aliphatic carbocycles. The predicted molar refractivity (Wildman–Crippen MR) is 106 cm³/mol. The van der Waals surface area contributed by atoms with Crippen LogP contribution in [-0.4, -0.2) is 26.5 Å². The van der Waals surface area contributed by atoms with Crippen molar-refractivity contribution in [1.29, 1.82) is 0 Å². The summed E-state index contributed by atoms with van der Waals surface area (Å²) in [4.78, 5) is 12.0. The Balaban J connectivity index is 2.53. The van der Waals surface area contributed by atoms with E-state index in [4.69, 9.17) is 51.1 Å². The highest BCUT2D eigenvalue weighted by Crippen LogP contribution is 2.41. The van der Waals surface area contributed by atoms with E-state index in [0.29, 0.717) is 22.7 Å². The van der Waals surface area contributed by atoms with Gasteiger partial charge in [-0.25, -0.2) is 4.79 Å². The van der Waals surface area contributed by atoms with Crippen LogP contribution in [0.15, 0.2) is 59.7 Å². The predicted octanol–water partition coefficient (Wildman–Crippen LogP) is 6.14. The fraction of sp³-hybridized carbons (Fsp3) is 0.125. The molecule has 25 heavy (non-hydrogen) atoms. The number of methoxy groups -OCH3 is 1. The van der Waals surface area contributed by atoms with Crippen molar-refractivity contribution in [2.75, 3.05) is 7.11 Å². The van der Waals surface area contributed by atoms with Crippen LogP contribution in [0.4, 0.5) is 4.79 Å². The van der Waals surface area contributed by atoms with Crippen molar-refractivity contribution in [3.63, 3.8) is 0 Å². The Bertz CT molecular complexity index is 749. The number of amides is 1. The van der Waals surface area contributed by atoms with Gasteiger partial charge < -0.3 is 4.74 Å². The molecular formula is C16H12Cl4N2O2S. The molecule has 4 nitrogen and oxygen atoms in total. The molecule has 132 valence electrons. The number of benzene rings is 2. The zero-order valence-electron chi connectivity index (χ0n) is 12.8. The Hall–Kier alpha value is -1.11. The molecule has 0 atom stereocenters. The van der Waals surface area contributed by atoms with Gasteiger partial charge in [-0.2, -0.15) is 5.10 Å². The molecule has 0 saturated heterocycles. The minimum absolute atomic E-state index is 0.490. The molecule has 9 heteroatoms. The first-order valence-corrected chi connectivity index (χ1v) is 9.12. The molecule has 2 aromatic rings. The lowest BCUT2D eigenvalue weighted by atomic mass is 10.0. The van der Waals surface area contributed by atoms with Gasteiger partial charge in [0.05, 0.1) is 12.8 Å². The summed E-state index contributed by atoms with van der Waals surface area (Å²) in [6.45, 7) is 0. The third kappa shape index (κ3) is 6.28. The van der Waals surface area contributed by atoms with Gasteiger partial charge in [-0.1, -0.05) is 88.9 Å². The minimum atomic E-state index is -1.79. The lowest BCUT2D eigenvalue weighted by molar-refractivity contribution is 0.153. The van der Waals surface area contributed by atoms with Crippen LogP contribution in [0.2, 0.25) is 5.02 Å². The van der Waals surface area contributed by atoms with E-state index in [2.05, 4.69) is 5.10 Å². The second-order valence-corrected chi connectivity index (χ2v) is 9.13. The molecule has 0 aliphatic heterocycles. The van der Waals surface area contributed by atoms with Crippen LogP contribution < -0.4 is 0 Å². The first-order valence-electron chi connectivity index (χ1n) is 6.84. The van der Waals surface area contributed by atoms with Crippen LogP contribution in [0, 0.1) is 0 Å². The van der Waals surface area contributed by atoms with Crippen molar-refractivity contribution in [3.05, 3.63) is 70.7 Å². The second kappa shape index (κ2) is 9.01. The van der Waals surface area contributed by atoms with Crippen LogP contribution in [0.5, 0.6) is 0 Å². The van der Waals surface area contributed by atoms with Gasteiger partial charge >= 0.3 is 6.09 Å². The van der Waals surface area contributed by atoms with Gasteiger partial charge in [0.15, 0.2) is 0 Å². The number of nitrogens with zero attached hydrogens (tertiary/aromatic N) is 2. The molecule has 0 aromatic heterocycles. The maximum absolute atomic E-state index is 12.0. The first-order chi connectivity index (χ1) is 11.8. The quantitative estimate of drug-likeness (QED) is 0.250. The number of alkyl halides is 3. The number of carbonyl (C=O) groups is 1. The molecule has 1 amide bonds. The Morgan fingerprint density at radius 2 is 1.60 bits per heavy atom. The summed E-state index contributed by atoms with van der Waals surface area (Å²) < 4.78 is 3.81. The maximum Gasteiger partial charge on any atom is 0.440 e. The van der Waals surface area contributed by atoms with Gasteiger partial charge in [0.1, 0.15) is 0 Å². The number of hydrogen-bond acceptors (Lipinski definition) is 4. The summed E-state index contributed by atoms with van der Waals surface area (Å²) in [5, 5.41) is 4.92. The lowest BCUT2D eigenvalue weighted by Crippen LogP contribution is -2.24. The summed E-state index contributed by atoms with van der Waals surface area (Å²) in [5.74, 6) is 0. The third-order valence-corrected chi connectivity index (χ3v) is 4.36. The smallest absolute Gasteiger partial charge is 0.440 e. The van der Waals surface area contributed by atoms with Gasteiger partial charge in [-0.15, -0.1) is 4.41 Å². The van der Waals surface area contributed by atoms with E-state index in [0.717, 1.165) is 15.5 Å². The van der Waals surface area contributed by atoms with Gasteiger partial charge in [0.25, 0.3) is 3.12 Å². The van der Waals surface area contributed by atoms with E-state index in [1.54, 1.807) is 24.3 Å². The molecule has 0 saturated carbocycles. The molecule has 0 fully saturated rings. The van der Waals surface area contributed by atoms with E-state index in [1.165, 1.54) is 7.11 Å². The Labute approximate surface area is 169 Å². The van der Waals surface area contributed by atoms with Gasteiger partial charge in [-0.3, -0.25) is 0 Å². The van der Waals surface area contributed by atoms with Crippen LogP contribution in [0.25, 0.3) is 0 Å². The molecule has 0 unspecified atom stereocenters. The van der Waals surface area contributed by atoms with E-state index in [-0.39, 0.29) is 0 Å². The summed E-state index contributed by atoms with van der Waals surface area (Å²) in [6.07, 6.45) is -0.779. The molecule has 0 bridgehead atoms. The largest absolute Gasteiger partial charge is 0.451 e. The molecule has 0 spiro atoms. The number of carbonyl (C=O) groups excluding carboxylic acids is 1. The van der Waals surface area contributed by atoms with Gasteiger partial charge in [-0.05, 0) is 12.1 Å². The van der Waals surface area contributed by atoms with Crippen LogP contribution in [0.1, 0.15) is 11.1 Å². The average molecular weight is 438 g/mol. The highest BCUT2D eigenvalue weighted by atomic mass is 35.6. The van der Waals surface area contributed by atoms with Crippen molar-refractivity contribution in [3.8, 4) is 0 Å². The van der Waals surface area contributed by atoms with Crippen molar-refractivity contribution in [2.45, 2.75) is 3.12 Å². The number of ether oxygens (including phenoxy) is 1. The zero-order chi connectivity index (χ0) is 18.4. The Morgan fingerprint density at radius 3 is 2.12 bits per heavy atom. The van der Waals surface area contributed by atoms with Crippen molar-refractivity contribution >= 4 is 70.2 Å². The second-order valence-electron chi connectivity index (χ2n) is 4.60. The maximum atomic E-state index is 12.0. The lowest BCUT2D eigenvalue weighted by Gasteiger charge is -2.20. The van der Waals surface area contributed by atoms with E-state index in [1.807, 2.05) is 30.3 Å². The normalized spacial score (nSPS) is 12.0. The molecule has 0 aliphatic rings. The van der Waals surface area contributed by atoms with Gasteiger partial charge in [0, 0.05) is 28.1 Å². The van der Waals surface area contributed by atoms with Crippen molar-refractivity contribution in [1.82, 2.24) is 4.41 Å². The zero-order valence-corrected chi connectivity index (χ0v) is 16.7. The Morgan fingerprint density at radius 1 is 1.04 bits per heavy atom. The highest BCUT2D eigenvalue weighted by Gasteiger charge is 2.30. The molecule has 2 rings (SSSR count). The molecule has 0 heterocycles. The standard InChI is InChI=1S/C16H12Cl4N2O2S/c1-24-15(23)22(25-16(18,19)20)21-14(11-5-3-2-4-6-11)12-7-9-13(17)10-8-12/h2-10H,1H3. The average Bonchev–Trinajstić information content (AvgIpc) is 2.58. The van der Waals surface area contributed by atoms with E-state index < -0.39 is 9.22 Å². The summed E-state index contributed by atoms with van der Waals surface area (Å²) in [6, 6.07) is 16.3. The first kappa shape index (κ1) is 20.2. The molecule has 0 radical (unpaired) electrons. The van der Waals surface area contributed by atoms with Gasteiger partial charge in [0.2, 0.25) is 0 Å². The number of rotatable bonds is 4. The summed E-state index contributed by atoms with van der Waals surface area (Å²) in [7, 11) is 1.22. The van der Waals surface area contributed by atoms with Crippen molar-refractivity contribution in [2.24, 2.45) is 5.10 Å². The van der Waals surface area contributed by atoms with Crippen LogP contribution in [0.3, 0.4) is 0 Å². The van der Waals surface area contributed by atoms with Crippen LogP contribution in [-0.2, 0) is 4.74 Å². The fourth-order valence-corrected chi connectivity index (χ4v) is 3.03. The Kier molecular flexibility index (Phi) is 7.28. The molecular weight excluding hydrogens is 426 g/mol. The fourth-order valence-electron chi connectivity index (χ4n) is 1.85. The van der Waals surface area contributed by atoms with E-state index >= 15 is 0 Å². The number of halogens is 4. The van der Waals surface area contributed by atoms with Crippen LogP contribution >= 0.6 is 58.4 Å². The molecule has 0 N–H and O–H groups in total. The summed E-state index contributed by atoms with van der Waals surface area (Å²) in [5.41, 5.74) is 1.99. The van der Waals surface area contributed by atoms with Crippen molar-refractivity contribution < 1.29 is 9.53 Å². The topological polar surface area (TPSA) is 41.9 Å². The summed E-state index contributed by atoms with van der Waals surface area (Å²) >= 11 is 23.9. The third-order valence-electron chi connectivity index (χ3n) is 2.88. The number of hydrazone groups is 1. The minimum Gasteiger partial charge on any atom is -0.451 e. The van der Waals surface area contributed by atoms with E-state index in [9.17, 15) is 4.79 Å².